The lowest BCUT2D eigenvalue weighted by molar-refractivity contribution is -0.146. The second kappa shape index (κ2) is 6.46. The van der Waals surface area contributed by atoms with Crippen LogP contribution in [0.15, 0.2) is 12.1 Å². The van der Waals surface area contributed by atoms with Crippen molar-refractivity contribution in [3.63, 3.8) is 0 Å². The van der Waals surface area contributed by atoms with Crippen LogP contribution in [0.25, 0.3) is 0 Å². The molecule has 2 amide bonds. The summed E-state index contributed by atoms with van der Waals surface area (Å²) in [6.45, 7) is 4.74. The van der Waals surface area contributed by atoms with E-state index in [0.29, 0.717) is 25.1 Å². The van der Waals surface area contributed by atoms with Gasteiger partial charge in [0.05, 0.1) is 13.2 Å². The number of benzene rings is 1. The largest absolute Gasteiger partial charge is 0.504 e. The molecule has 1 aromatic rings. The Morgan fingerprint density at radius 3 is 2.72 bits per heavy atom. The van der Waals surface area contributed by atoms with Gasteiger partial charge in [-0.05, 0) is 42.0 Å². The molecule has 2 atom stereocenters. The van der Waals surface area contributed by atoms with Gasteiger partial charge in [-0.15, -0.1) is 0 Å². The topological polar surface area (TPSA) is 90.3 Å². The van der Waals surface area contributed by atoms with Crippen LogP contribution in [0.1, 0.15) is 37.4 Å². The van der Waals surface area contributed by atoms with E-state index in [1.165, 1.54) is 12.0 Å². The summed E-state index contributed by atoms with van der Waals surface area (Å²) in [6.07, 6.45) is 0.0768. The van der Waals surface area contributed by atoms with Gasteiger partial charge in [0.25, 0.3) is 0 Å². The predicted molar refractivity (Wildman–Crippen MR) is 90.8 cm³/mol. The molecule has 1 aromatic carbocycles. The molecular formula is C18H24N2O5. The van der Waals surface area contributed by atoms with Crippen LogP contribution < -0.4 is 4.74 Å². The minimum atomic E-state index is -1.07. The molecule has 1 fully saturated rings. The molecule has 0 saturated carbocycles. The molecule has 0 aliphatic carbocycles. The number of phenols is 1. The van der Waals surface area contributed by atoms with Gasteiger partial charge in [0.2, 0.25) is 5.91 Å². The van der Waals surface area contributed by atoms with Gasteiger partial charge in [-0.3, -0.25) is 9.69 Å². The van der Waals surface area contributed by atoms with Crippen molar-refractivity contribution in [1.82, 2.24) is 9.80 Å². The number of piperazine rings is 1. The Labute approximate surface area is 146 Å². The Kier molecular flexibility index (Phi) is 4.49. The first-order valence-corrected chi connectivity index (χ1v) is 8.53. The number of hydrogen-bond acceptors (Lipinski definition) is 4. The lowest BCUT2D eigenvalue weighted by atomic mass is 9.87. The van der Waals surface area contributed by atoms with Crippen molar-refractivity contribution in [1.29, 1.82) is 0 Å². The van der Waals surface area contributed by atoms with E-state index >= 15 is 0 Å². The normalized spacial score (nSPS) is 22.6. The SMILES string of the molecule is COc1cc2c(cc1O)CCN1C(=O)[C@@H](CC(C)C)N(C(=O)O)C[C@H]21. The number of hydrogen-bond donors (Lipinski definition) is 2. The highest BCUT2D eigenvalue weighted by Crippen LogP contribution is 2.40. The highest BCUT2D eigenvalue weighted by molar-refractivity contribution is 5.87. The maximum atomic E-state index is 13.0. The number of aromatic hydroxyl groups is 1. The van der Waals surface area contributed by atoms with Crippen LogP contribution in [-0.2, 0) is 11.2 Å². The number of methoxy groups -OCH3 is 1. The van der Waals surface area contributed by atoms with Crippen molar-refractivity contribution in [2.24, 2.45) is 5.92 Å². The maximum Gasteiger partial charge on any atom is 0.408 e. The molecule has 2 heterocycles. The molecule has 0 aromatic heterocycles. The zero-order valence-electron chi connectivity index (χ0n) is 14.7. The second-order valence-electron chi connectivity index (χ2n) is 7.10. The summed E-state index contributed by atoms with van der Waals surface area (Å²) < 4.78 is 5.18. The van der Waals surface area contributed by atoms with Crippen LogP contribution in [0.5, 0.6) is 11.5 Å². The van der Waals surface area contributed by atoms with Crippen LogP contribution >= 0.6 is 0 Å². The van der Waals surface area contributed by atoms with Crippen LogP contribution in [0.3, 0.4) is 0 Å². The maximum absolute atomic E-state index is 13.0. The fourth-order valence-electron chi connectivity index (χ4n) is 3.87. The van der Waals surface area contributed by atoms with Gasteiger partial charge in [-0.25, -0.2) is 4.79 Å². The van der Waals surface area contributed by atoms with Gasteiger partial charge in [-0.1, -0.05) is 13.8 Å². The first-order valence-electron chi connectivity index (χ1n) is 8.53. The number of amides is 2. The van der Waals surface area contributed by atoms with Gasteiger partial charge in [0.1, 0.15) is 6.04 Å². The summed E-state index contributed by atoms with van der Waals surface area (Å²) in [5.41, 5.74) is 1.78. The van der Waals surface area contributed by atoms with Gasteiger partial charge >= 0.3 is 6.09 Å². The molecule has 7 nitrogen and oxygen atoms in total. The van der Waals surface area contributed by atoms with Crippen molar-refractivity contribution < 1.29 is 24.5 Å². The third kappa shape index (κ3) is 2.99. The zero-order valence-corrected chi connectivity index (χ0v) is 14.7. The molecule has 3 rings (SSSR count). The number of fused-ring (bicyclic) bond motifs is 3. The van der Waals surface area contributed by atoms with Gasteiger partial charge in [0, 0.05) is 13.1 Å². The quantitative estimate of drug-likeness (QED) is 0.874. The highest BCUT2D eigenvalue weighted by atomic mass is 16.5. The predicted octanol–water partition coefficient (Wildman–Crippen LogP) is 2.23. The zero-order chi connectivity index (χ0) is 18.3. The van der Waals surface area contributed by atoms with Crippen molar-refractivity contribution in [3.8, 4) is 11.5 Å². The summed E-state index contributed by atoms with van der Waals surface area (Å²) in [7, 11) is 1.47. The van der Waals surface area contributed by atoms with E-state index in [4.69, 9.17) is 4.74 Å². The van der Waals surface area contributed by atoms with Crippen molar-refractivity contribution in [3.05, 3.63) is 23.3 Å². The number of carbonyl (C=O) groups is 2. The first-order chi connectivity index (χ1) is 11.8. The number of ether oxygens (including phenoxy) is 1. The lowest BCUT2D eigenvalue weighted by Gasteiger charge is -2.47. The summed E-state index contributed by atoms with van der Waals surface area (Å²) in [5.74, 6) is 0.482. The van der Waals surface area contributed by atoms with E-state index in [1.54, 1.807) is 17.0 Å². The number of nitrogens with zero attached hydrogens (tertiary/aromatic N) is 2. The smallest absolute Gasteiger partial charge is 0.408 e. The van der Waals surface area contributed by atoms with E-state index in [9.17, 15) is 19.8 Å². The second-order valence-corrected chi connectivity index (χ2v) is 7.10. The molecule has 7 heteroatoms. The minimum absolute atomic E-state index is 0.0598. The molecule has 0 radical (unpaired) electrons. The molecule has 2 aliphatic heterocycles. The van der Waals surface area contributed by atoms with Crippen LogP contribution in [-0.4, -0.2) is 58.3 Å². The minimum Gasteiger partial charge on any atom is -0.504 e. The number of carbonyl (C=O) groups excluding carboxylic acids is 1. The molecular weight excluding hydrogens is 324 g/mol. The first kappa shape index (κ1) is 17.4. The van der Waals surface area contributed by atoms with Gasteiger partial charge < -0.3 is 19.8 Å². The monoisotopic (exact) mass is 348 g/mol. The number of phenolic OH excluding ortho intramolecular Hbond substituents is 1. The van der Waals surface area contributed by atoms with Crippen molar-refractivity contribution >= 4 is 12.0 Å². The van der Waals surface area contributed by atoms with E-state index < -0.39 is 12.1 Å². The fourth-order valence-corrected chi connectivity index (χ4v) is 3.87. The third-order valence-corrected chi connectivity index (χ3v) is 5.05. The Hall–Kier alpha value is -2.44. The summed E-state index contributed by atoms with van der Waals surface area (Å²) in [6, 6.07) is 2.40. The summed E-state index contributed by atoms with van der Waals surface area (Å²) >= 11 is 0. The van der Waals surface area contributed by atoms with Crippen LogP contribution in [0.4, 0.5) is 4.79 Å². The third-order valence-electron chi connectivity index (χ3n) is 5.05. The van der Waals surface area contributed by atoms with Crippen LogP contribution in [0.2, 0.25) is 0 Å². The molecule has 2 aliphatic rings. The average Bonchev–Trinajstić information content (AvgIpc) is 2.55. The van der Waals surface area contributed by atoms with E-state index in [-0.39, 0.29) is 30.2 Å². The average molecular weight is 348 g/mol. The Bertz CT molecular complexity index is 703. The molecule has 2 N–H and O–H groups in total. The van der Waals surface area contributed by atoms with Crippen molar-refractivity contribution in [2.45, 2.75) is 38.8 Å². The van der Waals surface area contributed by atoms with Crippen LogP contribution in [0, 0.1) is 5.92 Å². The van der Waals surface area contributed by atoms with Gasteiger partial charge in [0.15, 0.2) is 11.5 Å². The molecule has 25 heavy (non-hydrogen) atoms. The fraction of sp³-hybridized carbons (Fsp3) is 0.556. The molecule has 136 valence electrons. The van der Waals surface area contributed by atoms with E-state index in [0.717, 1.165) is 11.1 Å². The molecule has 0 unspecified atom stereocenters. The van der Waals surface area contributed by atoms with Gasteiger partial charge in [-0.2, -0.15) is 0 Å². The van der Waals surface area contributed by atoms with E-state index in [2.05, 4.69) is 0 Å². The lowest BCUT2D eigenvalue weighted by Crippen LogP contribution is -2.61. The summed E-state index contributed by atoms with van der Waals surface area (Å²) in [5, 5.41) is 19.6. The van der Waals surface area contributed by atoms with Crippen molar-refractivity contribution in [2.75, 3.05) is 20.2 Å². The number of carboxylic acid groups (broad SMARTS) is 1. The number of rotatable bonds is 3. The molecule has 0 bridgehead atoms. The Balaban J connectivity index is 2.00. The molecule has 0 spiro atoms. The Morgan fingerprint density at radius 2 is 2.12 bits per heavy atom. The highest BCUT2D eigenvalue weighted by Gasteiger charge is 2.45. The standard InChI is InChI=1S/C18H24N2O5/c1-10(2)6-13-17(22)19-5-4-11-7-15(21)16(25-3)8-12(11)14(19)9-20(13)18(23)24/h7-8,10,13-14,21H,4-6,9H2,1-3H3,(H,23,24)/t13-,14-/m1/s1. The Morgan fingerprint density at radius 1 is 1.40 bits per heavy atom. The summed E-state index contributed by atoms with van der Waals surface area (Å²) in [4.78, 5) is 27.8. The van der Waals surface area contributed by atoms with E-state index in [1.807, 2.05) is 13.8 Å². The molecule has 1 saturated heterocycles.